The van der Waals surface area contributed by atoms with Gasteiger partial charge in [0.1, 0.15) is 5.75 Å². The Morgan fingerprint density at radius 2 is 1.83 bits per heavy atom. The van der Waals surface area contributed by atoms with Crippen molar-refractivity contribution in [2.45, 2.75) is 57.9 Å². The third-order valence-corrected chi connectivity index (χ3v) is 3.35. The van der Waals surface area contributed by atoms with Crippen molar-refractivity contribution in [2.75, 3.05) is 7.11 Å². The molecule has 0 spiro atoms. The average molecular weight is 249 g/mol. The number of hydrogen-bond acceptors (Lipinski definition) is 2. The number of nitrogens with two attached hydrogens (primary N) is 1. The van der Waals surface area contributed by atoms with E-state index in [9.17, 15) is 0 Å². The van der Waals surface area contributed by atoms with E-state index < -0.39 is 0 Å². The lowest BCUT2D eigenvalue weighted by molar-refractivity contribution is 0.406. The van der Waals surface area contributed by atoms with Crippen LogP contribution in [0.25, 0.3) is 0 Å². The fourth-order valence-corrected chi connectivity index (χ4v) is 2.27. The fraction of sp³-hybridized carbons (Fsp3) is 0.625. The smallest absolute Gasteiger partial charge is 0.122 e. The van der Waals surface area contributed by atoms with Gasteiger partial charge in [0.05, 0.1) is 7.11 Å². The summed E-state index contributed by atoms with van der Waals surface area (Å²) in [5, 5.41) is 0. The Morgan fingerprint density at radius 3 is 2.56 bits per heavy atom. The molecule has 0 aliphatic heterocycles. The third kappa shape index (κ3) is 5.54. The summed E-state index contributed by atoms with van der Waals surface area (Å²) < 4.78 is 5.35. The van der Waals surface area contributed by atoms with Crippen molar-refractivity contribution in [1.82, 2.24) is 0 Å². The van der Waals surface area contributed by atoms with Gasteiger partial charge in [-0.25, -0.2) is 0 Å². The molecule has 0 heterocycles. The zero-order chi connectivity index (χ0) is 13.2. The first-order valence-corrected chi connectivity index (χ1v) is 7.15. The van der Waals surface area contributed by atoms with E-state index in [1.54, 1.807) is 7.11 Å². The maximum atomic E-state index is 6.19. The number of hydrogen-bond donors (Lipinski definition) is 1. The highest BCUT2D eigenvalue weighted by atomic mass is 16.5. The van der Waals surface area contributed by atoms with Gasteiger partial charge in [0.2, 0.25) is 0 Å². The Labute approximate surface area is 112 Å². The van der Waals surface area contributed by atoms with Gasteiger partial charge in [-0.1, -0.05) is 57.2 Å². The van der Waals surface area contributed by atoms with Crippen molar-refractivity contribution in [3.63, 3.8) is 0 Å². The van der Waals surface area contributed by atoms with Gasteiger partial charge in [0.25, 0.3) is 0 Å². The van der Waals surface area contributed by atoms with Crippen molar-refractivity contribution < 1.29 is 4.74 Å². The van der Waals surface area contributed by atoms with Gasteiger partial charge >= 0.3 is 0 Å². The summed E-state index contributed by atoms with van der Waals surface area (Å²) in [6, 6.07) is 8.41. The van der Waals surface area contributed by atoms with E-state index in [1.807, 2.05) is 18.2 Å². The van der Waals surface area contributed by atoms with Crippen molar-refractivity contribution >= 4 is 0 Å². The molecular weight excluding hydrogens is 222 g/mol. The van der Waals surface area contributed by atoms with Gasteiger partial charge < -0.3 is 10.5 Å². The maximum Gasteiger partial charge on any atom is 0.122 e. The van der Waals surface area contributed by atoms with Gasteiger partial charge in [-0.15, -0.1) is 0 Å². The van der Waals surface area contributed by atoms with Crippen LogP contribution in [0.4, 0.5) is 0 Å². The van der Waals surface area contributed by atoms with E-state index in [1.165, 1.54) is 37.7 Å². The molecule has 0 aliphatic carbocycles. The summed E-state index contributed by atoms with van der Waals surface area (Å²) in [5.74, 6) is 0.957. The number of benzene rings is 1. The first-order valence-electron chi connectivity index (χ1n) is 7.15. The largest absolute Gasteiger partial charge is 0.496 e. The Hall–Kier alpha value is -1.02. The van der Waals surface area contributed by atoms with E-state index in [2.05, 4.69) is 13.0 Å². The predicted molar refractivity (Wildman–Crippen MR) is 78.0 cm³/mol. The van der Waals surface area contributed by atoms with Crippen LogP contribution in [-0.2, 0) is 6.42 Å². The molecule has 1 aromatic carbocycles. The van der Waals surface area contributed by atoms with E-state index in [0.717, 1.165) is 18.6 Å². The molecule has 0 fully saturated rings. The monoisotopic (exact) mass is 249 g/mol. The minimum Gasteiger partial charge on any atom is -0.496 e. The number of unbranched alkanes of at least 4 members (excludes halogenated alkanes) is 4. The van der Waals surface area contributed by atoms with E-state index in [4.69, 9.17) is 10.5 Å². The molecule has 1 unspecified atom stereocenters. The molecule has 18 heavy (non-hydrogen) atoms. The Balaban J connectivity index is 2.28. The van der Waals surface area contributed by atoms with Gasteiger partial charge in [0, 0.05) is 6.04 Å². The summed E-state index contributed by atoms with van der Waals surface area (Å²) in [5.41, 5.74) is 7.41. The number of para-hydroxylation sites is 1. The number of rotatable bonds is 9. The van der Waals surface area contributed by atoms with E-state index in [-0.39, 0.29) is 6.04 Å². The maximum absolute atomic E-state index is 6.19. The lowest BCUT2D eigenvalue weighted by Gasteiger charge is -2.14. The SMILES string of the molecule is CCCCCCCC(N)Cc1ccccc1OC. The summed E-state index contributed by atoms with van der Waals surface area (Å²) >= 11 is 0. The average Bonchev–Trinajstić information content (AvgIpc) is 2.39. The lowest BCUT2D eigenvalue weighted by Crippen LogP contribution is -2.22. The summed E-state index contributed by atoms with van der Waals surface area (Å²) in [7, 11) is 1.72. The second-order valence-electron chi connectivity index (χ2n) is 4.98. The fourth-order valence-electron chi connectivity index (χ4n) is 2.27. The van der Waals surface area contributed by atoms with Crippen LogP contribution >= 0.6 is 0 Å². The van der Waals surface area contributed by atoms with Crippen LogP contribution in [0.1, 0.15) is 51.0 Å². The minimum absolute atomic E-state index is 0.253. The highest BCUT2D eigenvalue weighted by Gasteiger charge is 2.07. The first-order chi connectivity index (χ1) is 8.77. The molecule has 102 valence electrons. The van der Waals surface area contributed by atoms with Crippen LogP contribution in [0.3, 0.4) is 0 Å². The van der Waals surface area contributed by atoms with Crippen LogP contribution in [0.15, 0.2) is 24.3 Å². The quantitative estimate of drug-likeness (QED) is 0.673. The molecule has 1 rings (SSSR count). The topological polar surface area (TPSA) is 35.2 Å². The van der Waals surface area contributed by atoms with Gasteiger partial charge in [0.15, 0.2) is 0 Å². The van der Waals surface area contributed by atoms with Gasteiger partial charge in [-0.05, 0) is 24.5 Å². The molecule has 0 saturated carbocycles. The van der Waals surface area contributed by atoms with Crippen molar-refractivity contribution in [3.05, 3.63) is 29.8 Å². The Kier molecular flexibility index (Phi) is 7.51. The minimum atomic E-state index is 0.253. The zero-order valence-electron chi connectivity index (χ0n) is 11.8. The van der Waals surface area contributed by atoms with Crippen molar-refractivity contribution in [1.29, 1.82) is 0 Å². The highest BCUT2D eigenvalue weighted by molar-refractivity contribution is 5.33. The first kappa shape index (κ1) is 15.0. The second-order valence-corrected chi connectivity index (χ2v) is 4.98. The summed E-state index contributed by atoms with van der Waals surface area (Å²) in [4.78, 5) is 0. The van der Waals surface area contributed by atoms with Crippen LogP contribution in [0.2, 0.25) is 0 Å². The Morgan fingerprint density at radius 1 is 1.11 bits per heavy atom. The molecule has 0 bridgehead atoms. The normalized spacial score (nSPS) is 12.4. The molecule has 0 amide bonds. The summed E-state index contributed by atoms with van der Waals surface area (Å²) in [6.07, 6.45) is 8.58. The third-order valence-electron chi connectivity index (χ3n) is 3.35. The van der Waals surface area contributed by atoms with Gasteiger partial charge in [-0.2, -0.15) is 0 Å². The molecule has 0 aliphatic rings. The van der Waals surface area contributed by atoms with E-state index >= 15 is 0 Å². The van der Waals surface area contributed by atoms with Gasteiger partial charge in [-0.3, -0.25) is 0 Å². The molecule has 1 aromatic rings. The number of methoxy groups -OCH3 is 1. The molecule has 1 atom stereocenters. The predicted octanol–water partition coefficient (Wildman–Crippen LogP) is 3.93. The Bertz CT molecular complexity index is 325. The van der Waals surface area contributed by atoms with Crippen molar-refractivity contribution in [2.24, 2.45) is 5.73 Å². The molecule has 0 aromatic heterocycles. The van der Waals surface area contributed by atoms with Crippen molar-refractivity contribution in [3.8, 4) is 5.75 Å². The molecule has 0 radical (unpaired) electrons. The van der Waals surface area contributed by atoms with Crippen LogP contribution in [0.5, 0.6) is 5.75 Å². The lowest BCUT2D eigenvalue weighted by atomic mass is 10.00. The summed E-state index contributed by atoms with van der Waals surface area (Å²) in [6.45, 7) is 2.24. The van der Waals surface area contributed by atoms with Crippen LogP contribution in [0, 0.1) is 0 Å². The standard InChI is InChI=1S/C16H27NO/c1-3-4-5-6-7-11-15(17)13-14-10-8-9-12-16(14)18-2/h8-10,12,15H,3-7,11,13,17H2,1-2H3. The zero-order valence-corrected chi connectivity index (χ0v) is 11.8. The molecule has 2 N–H and O–H groups in total. The molecule has 0 saturated heterocycles. The molecule has 2 heteroatoms. The van der Waals surface area contributed by atoms with E-state index in [0.29, 0.717) is 0 Å². The van der Waals surface area contributed by atoms with Crippen LogP contribution in [-0.4, -0.2) is 13.2 Å². The molecule has 2 nitrogen and oxygen atoms in total. The second kappa shape index (κ2) is 8.98. The number of ether oxygens (including phenoxy) is 1. The van der Waals surface area contributed by atoms with Crippen LogP contribution < -0.4 is 10.5 Å². The molecular formula is C16H27NO. The highest BCUT2D eigenvalue weighted by Crippen LogP contribution is 2.19.